The van der Waals surface area contributed by atoms with Crippen LogP contribution in [0.2, 0.25) is 5.02 Å². The lowest BCUT2D eigenvalue weighted by atomic mass is 10.2. The van der Waals surface area contributed by atoms with Gasteiger partial charge in [0.2, 0.25) is 0 Å². The van der Waals surface area contributed by atoms with E-state index >= 15 is 0 Å². The van der Waals surface area contributed by atoms with E-state index in [1.54, 1.807) is 60.7 Å². The molecule has 0 unspecified atom stereocenters. The third kappa shape index (κ3) is 7.49. The Morgan fingerprint density at radius 2 is 1.42 bits per heavy atom. The van der Waals surface area contributed by atoms with Gasteiger partial charge in [0.05, 0.1) is 16.9 Å². The number of para-hydroxylation sites is 2. The van der Waals surface area contributed by atoms with Gasteiger partial charge in [-0.15, -0.1) is 0 Å². The number of anilines is 1. The molecule has 7 nitrogen and oxygen atoms in total. The summed E-state index contributed by atoms with van der Waals surface area (Å²) in [5.41, 5.74) is 3.67. The van der Waals surface area contributed by atoms with Crippen LogP contribution in [0.15, 0.2) is 84.0 Å². The largest absolute Gasteiger partial charge is 0.484 e. The molecule has 0 saturated heterocycles. The molecular formula is C23H20ClN3O4. The fourth-order valence-corrected chi connectivity index (χ4v) is 2.61. The number of hydrazone groups is 1. The van der Waals surface area contributed by atoms with Gasteiger partial charge < -0.3 is 14.8 Å². The summed E-state index contributed by atoms with van der Waals surface area (Å²) in [7, 11) is 0. The second-order valence-corrected chi connectivity index (χ2v) is 6.69. The highest BCUT2D eigenvalue weighted by atomic mass is 35.5. The van der Waals surface area contributed by atoms with Crippen LogP contribution in [0.1, 0.15) is 5.56 Å². The predicted octanol–water partition coefficient (Wildman–Crippen LogP) is 3.89. The number of ether oxygens (including phenoxy) is 2. The number of nitrogens with zero attached hydrogens (tertiary/aromatic N) is 1. The number of nitrogens with one attached hydrogen (secondary N) is 2. The highest BCUT2D eigenvalue weighted by Gasteiger charge is 2.06. The Labute approximate surface area is 184 Å². The molecule has 0 atom stereocenters. The van der Waals surface area contributed by atoms with Crippen molar-refractivity contribution in [1.82, 2.24) is 5.43 Å². The molecule has 0 bridgehead atoms. The summed E-state index contributed by atoms with van der Waals surface area (Å²) in [6, 6.07) is 22.9. The quantitative estimate of drug-likeness (QED) is 0.392. The van der Waals surface area contributed by atoms with Crippen LogP contribution in [0, 0.1) is 0 Å². The molecule has 0 heterocycles. The van der Waals surface area contributed by atoms with E-state index in [0.29, 0.717) is 22.2 Å². The van der Waals surface area contributed by atoms with Crippen molar-refractivity contribution in [2.24, 2.45) is 5.10 Å². The maximum Gasteiger partial charge on any atom is 0.277 e. The molecule has 0 aromatic heterocycles. The first-order valence-electron chi connectivity index (χ1n) is 9.37. The van der Waals surface area contributed by atoms with E-state index < -0.39 is 0 Å². The number of benzene rings is 3. The molecule has 0 saturated carbocycles. The average Bonchev–Trinajstić information content (AvgIpc) is 2.79. The smallest absolute Gasteiger partial charge is 0.277 e. The third-order valence-corrected chi connectivity index (χ3v) is 4.24. The Morgan fingerprint density at radius 1 is 0.806 bits per heavy atom. The third-order valence-electron chi connectivity index (χ3n) is 3.91. The number of carbonyl (C=O) groups excluding carboxylic acids is 2. The highest BCUT2D eigenvalue weighted by molar-refractivity contribution is 6.33. The summed E-state index contributed by atoms with van der Waals surface area (Å²) in [6.07, 6.45) is 1.49. The van der Waals surface area contributed by atoms with Crippen molar-refractivity contribution < 1.29 is 19.1 Å². The highest BCUT2D eigenvalue weighted by Crippen LogP contribution is 2.20. The van der Waals surface area contributed by atoms with Crippen molar-refractivity contribution in [2.75, 3.05) is 18.5 Å². The van der Waals surface area contributed by atoms with Crippen molar-refractivity contribution in [3.63, 3.8) is 0 Å². The van der Waals surface area contributed by atoms with Gasteiger partial charge in [0.25, 0.3) is 11.8 Å². The van der Waals surface area contributed by atoms with E-state index in [0.717, 1.165) is 5.56 Å². The molecule has 0 aliphatic heterocycles. The van der Waals surface area contributed by atoms with Crippen molar-refractivity contribution in [2.45, 2.75) is 0 Å². The molecule has 8 heteroatoms. The summed E-state index contributed by atoms with van der Waals surface area (Å²) >= 11 is 6.01. The molecule has 3 aromatic carbocycles. The van der Waals surface area contributed by atoms with Crippen molar-refractivity contribution >= 4 is 35.3 Å². The molecule has 3 rings (SSSR count). The van der Waals surface area contributed by atoms with E-state index in [-0.39, 0.29) is 25.0 Å². The van der Waals surface area contributed by atoms with Gasteiger partial charge in [-0.2, -0.15) is 5.10 Å². The molecule has 0 radical (unpaired) electrons. The number of halogens is 1. The second-order valence-electron chi connectivity index (χ2n) is 6.28. The zero-order valence-electron chi connectivity index (χ0n) is 16.5. The fourth-order valence-electron chi connectivity index (χ4n) is 2.42. The number of carbonyl (C=O) groups is 2. The molecular weight excluding hydrogens is 418 g/mol. The van der Waals surface area contributed by atoms with Gasteiger partial charge >= 0.3 is 0 Å². The summed E-state index contributed by atoms with van der Waals surface area (Å²) in [4.78, 5) is 23.7. The van der Waals surface area contributed by atoms with Gasteiger partial charge in [0.1, 0.15) is 11.5 Å². The first-order valence-corrected chi connectivity index (χ1v) is 9.75. The van der Waals surface area contributed by atoms with Crippen molar-refractivity contribution in [3.05, 3.63) is 89.4 Å². The molecule has 0 aliphatic carbocycles. The fraction of sp³-hybridized carbons (Fsp3) is 0.0870. The first kappa shape index (κ1) is 21.9. The average molecular weight is 438 g/mol. The van der Waals surface area contributed by atoms with Gasteiger partial charge in [-0.3, -0.25) is 9.59 Å². The standard InChI is InChI=1S/C23H20ClN3O4/c24-20-8-4-5-9-21(20)26-22(28)15-30-19-12-10-17(11-13-19)14-25-27-23(29)16-31-18-6-2-1-3-7-18/h1-14H,15-16H2,(H,26,28)(H,27,29)/b25-14-. The van der Waals surface area contributed by atoms with Crippen LogP contribution in [-0.2, 0) is 9.59 Å². The minimum Gasteiger partial charge on any atom is -0.484 e. The number of hydrogen-bond acceptors (Lipinski definition) is 5. The molecule has 0 spiro atoms. The molecule has 31 heavy (non-hydrogen) atoms. The monoisotopic (exact) mass is 437 g/mol. The van der Waals surface area contributed by atoms with Crippen LogP contribution < -0.4 is 20.2 Å². The summed E-state index contributed by atoms with van der Waals surface area (Å²) < 4.78 is 10.8. The Morgan fingerprint density at radius 3 is 2.13 bits per heavy atom. The summed E-state index contributed by atoms with van der Waals surface area (Å²) in [5.74, 6) is 0.438. The SMILES string of the molecule is O=C(COc1ccccc1)N/N=C\c1ccc(OCC(=O)Nc2ccccc2Cl)cc1. The van der Waals surface area contributed by atoms with E-state index in [2.05, 4.69) is 15.8 Å². The Balaban J connectivity index is 1.39. The normalized spacial score (nSPS) is 10.5. The van der Waals surface area contributed by atoms with Crippen LogP contribution in [0.4, 0.5) is 5.69 Å². The Kier molecular flexibility index (Phi) is 8.02. The molecule has 0 fully saturated rings. The summed E-state index contributed by atoms with van der Waals surface area (Å²) in [6.45, 7) is -0.291. The lowest BCUT2D eigenvalue weighted by molar-refractivity contribution is -0.123. The van der Waals surface area contributed by atoms with E-state index in [1.165, 1.54) is 6.21 Å². The number of amides is 2. The van der Waals surface area contributed by atoms with Crippen LogP contribution >= 0.6 is 11.6 Å². The zero-order valence-corrected chi connectivity index (χ0v) is 17.2. The predicted molar refractivity (Wildman–Crippen MR) is 120 cm³/mol. The minimum absolute atomic E-state index is 0.135. The molecule has 0 aliphatic rings. The van der Waals surface area contributed by atoms with Gasteiger partial charge in [0.15, 0.2) is 13.2 Å². The second kappa shape index (κ2) is 11.4. The maximum absolute atomic E-state index is 12.0. The molecule has 2 amide bonds. The molecule has 2 N–H and O–H groups in total. The summed E-state index contributed by atoms with van der Waals surface area (Å²) in [5, 5.41) is 7.03. The number of rotatable bonds is 9. The van der Waals surface area contributed by atoms with Crippen molar-refractivity contribution in [3.8, 4) is 11.5 Å². The zero-order chi connectivity index (χ0) is 21.9. The lowest BCUT2D eigenvalue weighted by Gasteiger charge is -2.08. The molecule has 158 valence electrons. The van der Waals surface area contributed by atoms with E-state index in [1.807, 2.05) is 18.2 Å². The van der Waals surface area contributed by atoms with Gasteiger partial charge in [-0.05, 0) is 54.1 Å². The molecule has 3 aromatic rings. The topological polar surface area (TPSA) is 89.0 Å². The van der Waals surface area contributed by atoms with Crippen LogP contribution in [-0.4, -0.2) is 31.2 Å². The lowest BCUT2D eigenvalue weighted by Crippen LogP contribution is -2.24. The van der Waals surface area contributed by atoms with Gasteiger partial charge in [-0.25, -0.2) is 5.43 Å². The van der Waals surface area contributed by atoms with Crippen LogP contribution in [0.5, 0.6) is 11.5 Å². The van der Waals surface area contributed by atoms with Gasteiger partial charge in [-0.1, -0.05) is 41.9 Å². The van der Waals surface area contributed by atoms with E-state index in [4.69, 9.17) is 21.1 Å². The Hall–Kier alpha value is -3.84. The van der Waals surface area contributed by atoms with Crippen LogP contribution in [0.3, 0.4) is 0 Å². The number of hydrogen-bond donors (Lipinski definition) is 2. The maximum atomic E-state index is 12.0. The van der Waals surface area contributed by atoms with E-state index in [9.17, 15) is 9.59 Å². The van der Waals surface area contributed by atoms with Gasteiger partial charge in [0, 0.05) is 0 Å². The minimum atomic E-state index is -0.371. The van der Waals surface area contributed by atoms with Crippen LogP contribution in [0.25, 0.3) is 0 Å². The Bertz CT molecular complexity index is 1040. The van der Waals surface area contributed by atoms with Crippen molar-refractivity contribution in [1.29, 1.82) is 0 Å². The first-order chi connectivity index (χ1) is 15.1.